The molecule has 34 heavy (non-hydrogen) atoms. The van der Waals surface area contributed by atoms with Gasteiger partial charge < -0.3 is 20.3 Å². The Bertz CT molecular complexity index is 1320. The van der Waals surface area contributed by atoms with Crippen LogP contribution in [0.1, 0.15) is 39.4 Å². The van der Waals surface area contributed by atoms with Gasteiger partial charge in [-0.2, -0.15) is 5.10 Å². The fraction of sp³-hybridized carbons (Fsp3) is 0.250. The summed E-state index contributed by atoms with van der Waals surface area (Å²) >= 11 is 0. The molecule has 3 heterocycles. The van der Waals surface area contributed by atoms with Gasteiger partial charge in [-0.3, -0.25) is 14.4 Å². The van der Waals surface area contributed by atoms with Crippen molar-refractivity contribution in [3.8, 4) is 11.4 Å². The number of rotatable bonds is 5. The van der Waals surface area contributed by atoms with Crippen LogP contribution in [0.25, 0.3) is 5.69 Å². The zero-order chi connectivity index (χ0) is 24.0. The van der Waals surface area contributed by atoms with Crippen molar-refractivity contribution in [2.75, 3.05) is 30.0 Å². The summed E-state index contributed by atoms with van der Waals surface area (Å²) in [7, 11) is 1.42. The Morgan fingerprint density at radius 2 is 1.74 bits per heavy atom. The fourth-order valence-corrected chi connectivity index (χ4v) is 4.50. The smallest absolute Gasteiger partial charge is 0.277 e. The second kappa shape index (κ2) is 8.29. The molecule has 10 heteroatoms. The Morgan fingerprint density at radius 3 is 2.32 bits per heavy atom. The summed E-state index contributed by atoms with van der Waals surface area (Å²) in [5.41, 5.74) is 7.33. The number of hydrogen-bond donors (Lipinski definition) is 1. The number of carbonyl (C=O) groups excluding carboxylic acids is 3. The largest absolute Gasteiger partial charge is 0.497 e. The van der Waals surface area contributed by atoms with E-state index in [4.69, 9.17) is 10.5 Å². The zero-order valence-electron chi connectivity index (χ0n) is 18.5. The molecule has 0 atom stereocenters. The van der Waals surface area contributed by atoms with Crippen LogP contribution in [0.15, 0.2) is 42.5 Å². The van der Waals surface area contributed by atoms with Crippen LogP contribution in [-0.4, -0.2) is 47.7 Å². The summed E-state index contributed by atoms with van der Waals surface area (Å²) in [4.78, 5) is 40.9. The first-order valence-electron chi connectivity index (χ1n) is 10.9. The van der Waals surface area contributed by atoms with Crippen molar-refractivity contribution in [1.29, 1.82) is 0 Å². The van der Waals surface area contributed by atoms with Crippen LogP contribution < -0.4 is 20.3 Å². The van der Waals surface area contributed by atoms with Crippen molar-refractivity contribution in [2.45, 2.75) is 19.3 Å². The highest BCUT2D eigenvalue weighted by Gasteiger charge is 2.35. The van der Waals surface area contributed by atoms with Gasteiger partial charge in [-0.05, 0) is 49.2 Å². The lowest BCUT2D eigenvalue weighted by atomic mass is 10.0. The molecular weight excluding hydrogens is 441 g/mol. The highest BCUT2D eigenvalue weighted by Crippen LogP contribution is 2.31. The molecule has 9 nitrogen and oxygen atoms in total. The molecule has 2 aliphatic heterocycles. The van der Waals surface area contributed by atoms with E-state index in [1.165, 1.54) is 19.2 Å². The lowest BCUT2D eigenvalue weighted by molar-refractivity contribution is -0.117. The summed E-state index contributed by atoms with van der Waals surface area (Å²) < 4.78 is 21.0. The van der Waals surface area contributed by atoms with E-state index in [1.807, 2.05) is 0 Å². The number of methoxy groups -OCH3 is 1. The lowest BCUT2D eigenvalue weighted by Crippen LogP contribution is -2.39. The predicted molar refractivity (Wildman–Crippen MR) is 122 cm³/mol. The summed E-state index contributed by atoms with van der Waals surface area (Å²) in [6.07, 6.45) is 1.68. The van der Waals surface area contributed by atoms with Gasteiger partial charge in [0.15, 0.2) is 11.5 Å². The highest BCUT2D eigenvalue weighted by atomic mass is 19.1. The first-order valence-corrected chi connectivity index (χ1v) is 10.9. The molecule has 0 unspecified atom stereocenters. The number of nitrogens with two attached hydrogens (primary N) is 1. The Morgan fingerprint density at radius 1 is 1.03 bits per heavy atom. The molecule has 3 amide bonds. The van der Waals surface area contributed by atoms with Crippen molar-refractivity contribution in [3.63, 3.8) is 0 Å². The number of primary amides is 1. The van der Waals surface area contributed by atoms with Crippen molar-refractivity contribution in [1.82, 2.24) is 9.78 Å². The first-order chi connectivity index (χ1) is 16.4. The Kier molecular flexibility index (Phi) is 5.27. The van der Waals surface area contributed by atoms with E-state index in [9.17, 15) is 18.8 Å². The van der Waals surface area contributed by atoms with E-state index in [2.05, 4.69) is 5.10 Å². The van der Waals surface area contributed by atoms with Crippen LogP contribution in [-0.2, 0) is 11.2 Å². The molecule has 5 rings (SSSR count). The fourth-order valence-electron chi connectivity index (χ4n) is 4.50. The van der Waals surface area contributed by atoms with Crippen LogP contribution in [0.2, 0.25) is 0 Å². The van der Waals surface area contributed by atoms with Gasteiger partial charge in [0.2, 0.25) is 5.91 Å². The SMILES string of the molecule is COc1ccc(-n2nc(C(N)=O)c3c2C(=O)N(c2ccc(N4CCCC4=O)cc2)CC3)c(F)c1. The molecule has 0 radical (unpaired) electrons. The average molecular weight is 463 g/mol. The van der Waals surface area contributed by atoms with E-state index in [0.717, 1.165) is 16.8 Å². The molecule has 2 aromatic carbocycles. The third-order valence-electron chi connectivity index (χ3n) is 6.18. The number of carbonyl (C=O) groups is 3. The predicted octanol–water partition coefficient (Wildman–Crippen LogP) is 2.45. The van der Waals surface area contributed by atoms with Gasteiger partial charge in [0.1, 0.15) is 17.1 Å². The summed E-state index contributed by atoms with van der Waals surface area (Å²) in [5.74, 6) is -1.49. The van der Waals surface area contributed by atoms with Crippen LogP contribution >= 0.6 is 0 Å². The minimum Gasteiger partial charge on any atom is -0.497 e. The second-order valence-corrected chi connectivity index (χ2v) is 8.14. The minimum atomic E-state index is -0.787. The number of aromatic nitrogens is 2. The quantitative estimate of drug-likeness (QED) is 0.625. The number of anilines is 2. The van der Waals surface area contributed by atoms with Crippen LogP contribution in [0, 0.1) is 5.82 Å². The van der Waals surface area contributed by atoms with Gasteiger partial charge in [0, 0.05) is 42.5 Å². The third kappa shape index (κ3) is 3.47. The molecule has 0 saturated carbocycles. The Labute approximate surface area is 194 Å². The van der Waals surface area contributed by atoms with Gasteiger partial charge in [-0.25, -0.2) is 9.07 Å². The molecule has 0 aliphatic carbocycles. The van der Waals surface area contributed by atoms with Crippen molar-refractivity contribution >= 4 is 29.1 Å². The monoisotopic (exact) mass is 463 g/mol. The molecule has 1 saturated heterocycles. The number of nitrogens with zero attached hydrogens (tertiary/aromatic N) is 4. The van der Waals surface area contributed by atoms with E-state index in [0.29, 0.717) is 42.9 Å². The van der Waals surface area contributed by atoms with Gasteiger partial charge in [-0.1, -0.05) is 0 Å². The van der Waals surface area contributed by atoms with Crippen molar-refractivity contribution < 1.29 is 23.5 Å². The Balaban J connectivity index is 1.54. The van der Waals surface area contributed by atoms with E-state index in [-0.39, 0.29) is 23.0 Å². The molecule has 3 aromatic rings. The molecule has 2 N–H and O–H groups in total. The number of ether oxygens (including phenoxy) is 1. The topological polar surface area (TPSA) is 111 Å². The van der Waals surface area contributed by atoms with Crippen LogP contribution in [0.4, 0.5) is 15.8 Å². The molecule has 1 fully saturated rings. The number of halogens is 1. The maximum absolute atomic E-state index is 14.9. The van der Waals surface area contributed by atoms with Crippen molar-refractivity contribution in [2.24, 2.45) is 5.73 Å². The summed E-state index contributed by atoms with van der Waals surface area (Å²) in [6.45, 7) is 0.970. The van der Waals surface area contributed by atoms with E-state index < -0.39 is 17.6 Å². The van der Waals surface area contributed by atoms with Crippen LogP contribution in [0.3, 0.4) is 0 Å². The highest BCUT2D eigenvalue weighted by molar-refractivity contribution is 6.09. The molecule has 0 spiro atoms. The standard InChI is InChI=1S/C24H22FN5O4/c1-34-16-8-9-19(18(25)13-16)30-22-17(21(27-30)23(26)32)10-12-29(24(22)33)15-6-4-14(5-7-15)28-11-2-3-20(28)31/h4-9,13H,2-3,10-12H2,1H3,(H2,26,32). The van der Waals surface area contributed by atoms with E-state index in [1.54, 1.807) is 40.1 Å². The lowest BCUT2D eigenvalue weighted by Gasteiger charge is -2.28. The van der Waals surface area contributed by atoms with Gasteiger partial charge in [-0.15, -0.1) is 0 Å². The second-order valence-electron chi connectivity index (χ2n) is 8.14. The molecular formula is C24H22FN5O4. The first kappa shape index (κ1) is 21.6. The number of benzene rings is 2. The average Bonchev–Trinajstić information content (AvgIpc) is 3.43. The van der Waals surface area contributed by atoms with E-state index >= 15 is 0 Å². The number of hydrogen-bond acceptors (Lipinski definition) is 5. The molecule has 1 aromatic heterocycles. The molecule has 0 bridgehead atoms. The normalized spacial score (nSPS) is 15.6. The van der Waals surface area contributed by atoms with Gasteiger partial charge in [0.25, 0.3) is 11.8 Å². The van der Waals surface area contributed by atoms with Crippen LogP contribution in [0.5, 0.6) is 5.75 Å². The maximum Gasteiger partial charge on any atom is 0.277 e. The summed E-state index contributed by atoms with van der Waals surface area (Å²) in [5, 5.41) is 4.20. The third-order valence-corrected chi connectivity index (χ3v) is 6.18. The van der Waals surface area contributed by atoms with Crippen molar-refractivity contribution in [3.05, 3.63) is 65.2 Å². The van der Waals surface area contributed by atoms with Gasteiger partial charge in [0.05, 0.1) is 7.11 Å². The maximum atomic E-state index is 14.9. The minimum absolute atomic E-state index is 0.00245. The number of amides is 3. The molecule has 174 valence electrons. The number of fused-ring (bicyclic) bond motifs is 1. The zero-order valence-corrected chi connectivity index (χ0v) is 18.5. The Hall–Kier alpha value is -4.21. The molecule has 2 aliphatic rings. The van der Waals surface area contributed by atoms with Gasteiger partial charge >= 0.3 is 0 Å². The summed E-state index contributed by atoms with van der Waals surface area (Å²) in [6, 6.07) is 11.3.